The first-order valence-corrected chi connectivity index (χ1v) is 14.7. The minimum Gasteiger partial charge on any atom is -0.346 e. The second kappa shape index (κ2) is 12.3. The van der Waals surface area contributed by atoms with Crippen molar-refractivity contribution in [3.63, 3.8) is 0 Å². The second-order valence-electron chi connectivity index (χ2n) is 9.63. The van der Waals surface area contributed by atoms with E-state index in [2.05, 4.69) is 22.2 Å². The fourth-order valence-corrected chi connectivity index (χ4v) is 5.29. The molecule has 1 amide bonds. The zero-order chi connectivity index (χ0) is 28.9. The van der Waals surface area contributed by atoms with Gasteiger partial charge in [-0.1, -0.05) is 61.2 Å². The first-order valence-electron chi connectivity index (χ1n) is 12.9. The summed E-state index contributed by atoms with van der Waals surface area (Å²) >= 11 is 0. The van der Waals surface area contributed by atoms with Crippen molar-refractivity contribution >= 4 is 27.2 Å². The zero-order valence-electron chi connectivity index (χ0n) is 22.7. The van der Waals surface area contributed by atoms with E-state index in [4.69, 9.17) is 0 Å². The average molecular weight is 562 g/mol. The van der Waals surface area contributed by atoms with Gasteiger partial charge in [-0.25, -0.2) is 17.5 Å². The number of halogens is 1. The molecule has 0 saturated carbocycles. The Morgan fingerprint density at radius 3 is 2.45 bits per heavy atom. The first-order chi connectivity index (χ1) is 19.0. The number of amides is 1. The zero-order valence-corrected chi connectivity index (χ0v) is 23.5. The molecule has 1 heterocycles. The van der Waals surface area contributed by atoms with Gasteiger partial charge in [-0.3, -0.25) is 9.10 Å². The SMILES string of the molecule is C=C(Cc1ccccc1)c1cn(-c2cc(C(=O)N[C@H](C)c3ccc(F)cc3)cc(N(CCC)S(C)(=O)=O)c2)nn1. The Labute approximate surface area is 234 Å². The molecule has 0 fully saturated rings. The maximum atomic E-state index is 13.4. The van der Waals surface area contributed by atoms with E-state index in [0.717, 1.165) is 23.0 Å². The molecule has 0 saturated heterocycles. The maximum absolute atomic E-state index is 13.4. The van der Waals surface area contributed by atoms with Gasteiger partial charge in [0.2, 0.25) is 10.0 Å². The highest BCUT2D eigenvalue weighted by Crippen LogP contribution is 2.26. The minimum absolute atomic E-state index is 0.242. The molecule has 0 aliphatic rings. The third-order valence-electron chi connectivity index (χ3n) is 6.38. The highest BCUT2D eigenvalue weighted by molar-refractivity contribution is 7.92. The largest absolute Gasteiger partial charge is 0.346 e. The summed E-state index contributed by atoms with van der Waals surface area (Å²) in [5.74, 6) is -0.784. The summed E-state index contributed by atoms with van der Waals surface area (Å²) in [7, 11) is -3.63. The predicted molar refractivity (Wildman–Crippen MR) is 155 cm³/mol. The van der Waals surface area contributed by atoms with Crippen molar-refractivity contribution in [2.24, 2.45) is 0 Å². The van der Waals surface area contributed by atoms with Crippen LogP contribution in [0.1, 0.15) is 53.5 Å². The Kier molecular flexibility index (Phi) is 8.79. The summed E-state index contributed by atoms with van der Waals surface area (Å²) in [6, 6.07) is 20.2. The van der Waals surface area contributed by atoms with Crippen LogP contribution in [0.5, 0.6) is 0 Å². The van der Waals surface area contributed by atoms with E-state index in [1.807, 2.05) is 37.3 Å². The molecular formula is C30H32FN5O3S. The monoisotopic (exact) mass is 561 g/mol. The number of sulfonamides is 1. The van der Waals surface area contributed by atoms with Gasteiger partial charge in [-0.05, 0) is 66.8 Å². The standard InChI is InChI=1S/C30H32FN5O3S/c1-5-15-36(40(4,38)39)28-18-25(30(37)32-22(3)24-11-13-26(31)14-12-24)17-27(19-28)35-20-29(33-34-35)21(2)16-23-9-7-6-8-10-23/h6-14,17-20,22H,2,5,15-16H2,1,3-4H3,(H,32,37)/t22-/m1/s1. The highest BCUT2D eigenvalue weighted by atomic mass is 32.2. The van der Waals surface area contributed by atoms with Crippen LogP contribution in [0.15, 0.2) is 85.6 Å². The van der Waals surface area contributed by atoms with E-state index in [1.54, 1.807) is 43.5 Å². The third-order valence-corrected chi connectivity index (χ3v) is 7.57. The normalized spacial score (nSPS) is 12.1. The van der Waals surface area contributed by atoms with Gasteiger partial charge in [-0.2, -0.15) is 0 Å². The fraction of sp³-hybridized carbons (Fsp3) is 0.233. The van der Waals surface area contributed by atoms with Gasteiger partial charge in [0, 0.05) is 12.1 Å². The van der Waals surface area contributed by atoms with Gasteiger partial charge >= 0.3 is 0 Å². The molecule has 1 N–H and O–H groups in total. The van der Waals surface area contributed by atoms with Gasteiger partial charge in [0.15, 0.2) is 0 Å². The Balaban J connectivity index is 1.69. The number of benzene rings is 3. The molecule has 0 aliphatic carbocycles. The van der Waals surface area contributed by atoms with E-state index in [9.17, 15) is 17.6 Å². The van der Waals surface area contributed by atoms with Gasteiger partial charge in [0.25, 0.3) is 5.91 Å². The summed E-state index contributed by atoms with van der Waals surface area (Å²) < 4.78 is 41.4. The second-order valence-corrected chi connectivity index (χ2v) is 11.5. The number of nitrogens with one attached hydrogen (secondary N) is 1. The molecule has 208 valence electrons. The molecule has 0 aliphatic heterocycles. The van der Waals surface area contributed by atoms with E-state index in [1.165, 1.54) is 21.1 Å². The van der Waals surface area contributed by atoms with Gasteiger partial charge in [0.05, 0.1) is 29.9 Å². The van der Waals surface area contributed by atoms with Crippen LogP contribution in [0.2, 0.25) is 0 Å². The van der Waals surface area contributed by atoms with Crippen molar-refractivity contribution in [3.8, 4) is 5.69 Å². The van der Waals surface area contributed by atoms with Crippen LogP contribution in [-0.2, 0) is 16.4 Å². The van der Waals surface area contributed by atoms with Crippen LogP contribution in [0.4, 0.5) is 10.1 Å². The summed E-state index contributed by atoms with van der Waals surface area (Å²) in [4.78, 5) is 13.4. The van der Waals surface area contributed by atoms with Crippen molar-refractivity contribution in [1.29, 1.82) is 0 Å². The van der Waals surface area contributed by atoms with Crippen molar-refractivity contribution < 1.29 is 17.6 Å². The Morgan fingerprint density at radius 1 is 1.10 bits per heavy atom. The number of hydrogen-bond acceptors (Lipinski definition) is 5. The molecule has 1 atom stereocenters. The number of aromatic nitrogens is 3. The fourth-order valence-electron chi connectivity index (χ4n) is 4.29. The average Bonchev–Trinajstić information content (AvgIpc) is 3.42. The Morgan fingerprint density at radius 2 is 1.80 bits per heavy atom. The van der Waals surface area contributed by atoms with Crippen LogP contribution < -0.4 is 9.62 Å². The minimum atomic E-state index is -3.63. The smallest absolute Gasteiger partial charge is 0.251 e. The molecule has 4 aromatic rings. The van der Waals surface area contributed by atoms with E-state index in [0.29, 0.717) is 29.9 Å². The Hall–Kier alpha value is -4.31. The molecule has 10 heteroatoms. The van der Waals surface area contributed by atoms with Crippen molar-refractivity contribution in [2.45, 2.75) is 32.7 Å². The van der Waals surface area contributed by atoms with Crippen LogP contribution in [0, 0.1) is 5.82 Å². The first kappa shape index (κ1) is 28.7. The summed E-state index contributed by atoms with van der Waals surface area (Å²) in [6.07, 6.45) is 4.00. The Bertz CT molecular complexity index is 1600. The number of allylic oxidation sites excluding steroid dienone is 1. The van der Waals surface area contributed by atoms with Crippen LogP contribution in [-0.4, -0.2) is 42.1 Å². The van der Waals surface area contributed by atoms with Gasteiger partial charge in [0.1, 0.15) is 11.5 Å². The maximum Gasteiger partial charge on any atom is 0.251 e. The molecule has 8 nitrogen and oxygen atoms in total. The lowest BCUT2D eigenvalue weighted by Gasteiger charge is -2.23. The van der Waals surface area contributed by atoms with Crippen molar-refractivity contribution in [1.82, 2.24) is 20.3 Å². The van der Waals surface area contributed by atoms with Crippen molar-refractivity contribution in [3.05, 3.63) is 114 Å². The van der Waals surface area contributed by atoms with Crippen LogP contribution in [0.25, 0.3) is 11.3 Å². The summed E-state index contributed by atoms with van der Waals surface area (Å²) in [5, 5.41) is 11.4. The van der Waals surface area contributed by atoms with Gasteiger partial charge < -0.3 is 5.32 Å². The molecule has 0 bridgehead atoms. The molecule has 0 radical (unpaired) electrons. The lowest BCUT2D eigenvalue weighted by Crippen LogP contribution is -2.31. The van der Waals surface area contributed by atoms with Crippen LogP contribution in [0.3, 0.4) is 0 Å². The topological polar surface area (TPSA) is 97.2 Å². The lowest BCUT2D eigenvalue weighted by atomic mass is 10.0. The third kappa shape index (κ3) is 7.01. The molecule has 4 rings (SSSR count). The molecule has 40 heavy (non-hydrogen) atoms. The number of rotatable bonds is 11. The van der Waals surface area contributed by atoms with E-state index >= 15 is 0 Å². The number of nitrogens with zero attached hydrogens (tertiary/aromatic N) is 4. The summed E-state index contributed by atoms with van der Waals surface area (Å²) in [6.45, 7) is 8.06. The number of carbonyl (C=O) groups excluding carboxylic acids is 1. The molecule has 1 aromatic heterocycles. The molecule has 3 aromatic carbocycles. The quantitative estimate of drug-likeness (QED) is 0.267. The predicted octanol–water partition coefficient (Wildman–Crippen LogP) is 5.33. The van der Waals surface area contributed by atoms with Crippen LogP contribution >= 0.6 is 0 Å². The highest BCUT2D eigenvalue weighted by Gasteiger charge is 2.21. The number of carbonyl (C=O) groups is 1. The van der Waals surface area contributed by atoms with Gasteiger partial charge in [-0.15, -0.1) is 5.10 Å². The number of hydrogen-bond donors (Lipinski definition) is 1. The number of anilines is 1. The van der Waals surface area contributed by atoms with Crippen molar-refractivity contribution in [2.75, 3.05) is 17.1 Å². The summed E-state index contributed by atoms with van der Waals surface area (Å²) in [5.41, 5.74) is 4.21. The molecular weight excluding hydrogens is 529 g/mol. The molecule has 0 spiro atoms. The molecule has 0 unspecified atom stereocenters. The van der Waals surface area contributed by atoms with E-state index < -0.39 is 22.0 Å². The lowest BCUT2D eigenvalue weighted by molar-refractivity contribution is 0.0940. The van der Waals surface area contributed by atoms with E-state index in [-0.39, 0.29) is 17.9 Å².